The summed E-state index contributed by atoms with van der Waals surface area (Å²) < 4.78 is 0. The van der Waals surface area contributed by atoms with Crippen LogP contribution in [0.1, 0.15) is 43.0 Å². The number of hydrogen-bond acceptors (Lipinski definition) is 4. The predicted molar refractivity (Wildman–Crippen MR) is 96.6 cm³/mol. The van der Waals surface area contributed by atoms with Crippen LogP contribution in [-0.4, -0.2) is 27.5 Å². The molecule has 0 spiro atoms. The minimum atomic E-state index is 0.441. The van der Waals surface area contributed by atoms with E-state index < -0.39 is 0 Å². The Bertz CT molecular complexity index is 653. The predicted octanol–water partition coefficient (Wildman–Crippen LogP) is 4.01. The number of aromatic nitrogens is 2. The van der Waals surface area contributed by atoms with Crippen molar-refractivity contribution in [2.45, 2.75) is 44.2 Å². The molecule has 0 saturated carbocycles. The SMILES string of the molecule is c1ccc(-c2ncc3c(n2)CCCC3NC2CCSCC2)cc1. The van der Waals surface area contributed by atoms with Crippen molar-refractivity contribution in [3.63, 3.8) is 0 Å². The summed E-state index contributed by atoms with van der Waals surface area (Å²) in [4.78, 5) is 9.52. The highest BCUT2D eigenvalue weighted by Crippen LogP contribution is 2.31. The van der Waals surface area contributed by atoms with E-state index in [1.807, 2.05) is 18.2 Å². The minimum Gasteiger partial charge on any atom is -0.307 e. The second-order valence-corrected chi connectivity index (χ2v) is 7.68. The molecule has 1 unspecified atom stereocenters. The molecule has 1 N–H and O–H groups in total. The van der Waals surface area contributed by atoms with Gasteiger partial charge in [-0.2, -0.15) is 11.8 Å². The average molecular weight is 325 g/mol. The Balaban J connectivity index is 1.56. The van der Waals surface area contributed by atoms with Gasteiger partial charge in [-0.15, -0.1) is 0 Å². The topological polar surface area (TPSA) is 37.8 Å². The van der Waals surface area contributed by atoms with E-state index in [4.69, 9.17) is 4.98 Å². The highest BCUT2D eigenvalue weighted by molar-refractivity contribution is 7.99. The summed E-state index contributed by atoms with van der Waals surface area (Å²) in [7, 11) is 0. The maximum atomic E-state index is 4.87. The lowest BCUT2D eigenvalue weighted by Gasteiger charge is -2.31. The van der Waals surface area contributed by atoms with Crippen molar-refractivity contribution < 1.29 is 0 Å². The molecule has 0 bridgehead atoms. The van der Waals surface area contributed by atoms with E-state index in [1.54, 1.807) is 0 Å². The molecule has 0 amide bonds. The summed E-state index contributed by atoms with van der Waals surface area (Å²) in [5.74, 6) is 3.44. The number of fused-ring (bicyclic) bond motifs is 1. The number of aryl methyl sites for hydroxylation is 1. The van der Waals surface area contributed by atoms with Crippen LogP contribution in [0, 0.1) is 0 Å². The van der Waals surface area contributed by atoms with Gasteiger partial charge in [-0.05, 0) is 43.6 Å². The first-order valence-electron chi connectivity index (χ1n) is 8.65. The van der Waals surface area contributed by atoms with Crippen molar-refractivity contribution in [1.82, 2.24) is 15.3 Å². The molecule has 2 aliphatic rings. The summed E-state index contributed by atoms with van der Waals surface area (Å²) in [5, 5.41) is 3.88. The van der Waals surface area contributed by atoms with Crippen LogP contribution in [-0.2, 0) is 6.42 Å². The van der Waals surface area contributed by atoms with Crippen molar-refractivity contribution in [3.05, 3.63) is 47.8 Å². The van der Waals surface area contributed by atoms with Gasteiger partial charge in [0.15, 0.2) is 5.82 Å². The van der Waals surface area contributed by atoms with Crippen molar-refractivity contribution in [2.75, 3.05) is 11.5 Å². The maximum Gasteiger partial charge on any atom is 0.159 e. The molecule has 1 aromatic heterocycles. The Hall–Kier alpha value is -1.39. The lowest BCUT2D eigenvalue weighted by Crippen LogP contribution is -2.37. The monoisotopic (exact) mass is 325 g/mol. The van der Waals surface area contributed by atoms with Gasteiger partial charge in [0.05, 0.1) is 0 Å². The maximum absolute atomic E-state index is 4.87. The van der Waals surface area contributed by atoms with Crippen LogP contribution < -0.4 is 5.32 Å². The van der Waals surface area contributed by atoms with E-state index in [0.717, 1.165) is 17.8 Å². The minimum absolute atomic E-state index is 0.441. The summed E-state index contributed by atoms with van der Waals surface area (Å²) in [6.07, 6.45) is 8.16. The molecule has 1 fully saturated rings. The van der Waals surface area contributed by atoms with Gasteiger partial charge in [0, 0.05) is 35.1 Å². The summed E-state index contributed by atoms with van der Waals surface area (Å²) >= 11 is 2.08. The lowest BCUT2D eigenvalue weighted by molar-refractivity contribution is 0.375. The Labute approximate surface area is 142 Å². The second-order valence-electron chi connectivity index (χ2n) is 6.46. The highest BCUT2D eigenvalue weighted by Gasteiger charge is 2.25. The van der Waals surface area contributed by atoms with Crippen LogP contribution in [0.15, 0.2) is 36.5 Å². The number of hydrogen-bond donors (Lipinski definition) is 1. The Morgan fingerprint density at radius 1 is 1.04 bits per heavy atom. The molecule has 1 aliphatic heterocycles. The molecule has 1 aliphatic carbocycles. The van der Waals surface area contributed by atoms with E-state index in [1.165, 1.54) is 48.4 Å². The van der Waals surface area contributed by atoms with Gasteiger partial charge in [0.1, 0.15) is 0 Å². The smallest absolute Gasteiger partial charge is 0.159 e. The molecule has 2 heterocycles. The highest BCUT2D eigenvalue weighted by atomic mass is 32.2. The van der Waals surface area contributed by atoms with E-state index in [-0.39, 0.29) is 0 Å². The van der Waals surface area contributed by atoms with Crippen molar-refractivity contribution in [3.8, 4) is 11.4 Å². The number of nitrogens with zero attached hydrogens (tertiary/aromatic N) is 2. The number of nitrogens with one attached hydrogen (secondary N) is 1. The molecule has 4 heteroatoms. The first kappa shape index (κ1) is 15.2. The van der Waals surface area contributed by atoms with Crippen molar-refractivity contribution in [1.29, 1.82) is 0 Å². The summed E-state index contributed by atoms with van der Waals surface area (Å²) in [6.45, 7) is 0. The van der Waals surface area contributed by atoms with Gasteiger partial charge in [0.2, 0.25) is 0 Å². The average Bonchev–Trinajstić information content (AvgIpc) is 2.63. The standard InChI is InChI=1S/C19H23N3S/c1-2-5-14(6-3-1)19-20-13-16-17(7-4-8-18(16)22-19)21-15-9-11-23-12-10-15/h1-3,5-6,13,15,17,21H,4,7-12H2. The fourth-order valence-corrected chi connectivity index (χ4v) is 4.70. The number of benzene rings is 1. The molecule has 4 rings (SSSR count). The molecule has 2 aromatic rings. The van der Waals surface area contributed by atoms with Crippen molar-refractivity contribution in [2.24, 2.45) is 0 Å². The third kappa shape index (κ3) is 3.43. The van der Waals surface area contributed by atoms with E-state index >= 15 is 0 Å². The van der Waals surface area contributed by atoms with Gasteiger partial charge in [-0.3, -0.25) is 0 Å². The molecule has 3 nitrogen and oxygen atoms in total. The van der Waals surface area contributed by atoms with Gasteiger partial charge in [0.25, 0.3) is 0 Å². The first-order valence-corrected chi connectivity index (χ1v) is 9.80. The second kappa shape index (κ2) is 7.02. The van der Waals surface area contributed by atoms with Crippen LogP contribution in [0.3, 0.4) is 0 Å². The van der Waals surface area contributed by atoms with Gasteiger partial charge >= 0.3 is 0 Å². The van der Waals surface area contributed by atoms with Crippen LogP contribution >= 0.6 is 11.8 Å². The summed E-state index contributed by atoms with van der Waals surface area (Å²) in [5.41, 5.74) is 3.68. The normalized spacial score (nSPS) is 21.8. The third-order valence-electron chi connectivity index (χ3n) is 4.87. The third-order valence-corrected chi connectivity index (χ3v) is 5.92. The molecular weight excluding hydrogens is 302 g/mol. The molecule has 23 heavy (non-hydrogen) atoms. The fourth-order valence-electron chi connectivity index (χ4n) is 3.60. The Kier molecular flexibility index (Phi) is 4.62. The van der Waals surface area contributed by atoms with E-state index in [0.29, 0.717) is 12.1 Å². The first-order chi connectivity index (χ1) is 11.4. The van der Waals surface area contributed by atoms with Gasteiger partial charge in [-0.1, -0.05) is 30.3 Å². The van der Waals surface area contributed by atoms with Crippen LogP contribution in [0.25, 0.3) is 11.4 Å². The van der Waals surface area contributed by atoms with Gasteiger partial charge in [-0.25, -0.2) is 9.97 Å². The zero-order chi connectivity index (χ0) is 15.5. The zero-order valence-electron chi connectivity index (χ0n) is 13.4. The molecule has 1 saturated heterocycles. The Morgan fingerprint density at radius 3 is 2.70 bits per heavy atom. The van der Waals surface area contributed by atoms with Gasteiger partial charge < -0.3 is 5.32 Å². The zero-order valence-corrected chi connectivity index (χ0v) is 14.2. The molecule has 1 aromatic carbocycles. The summed E-state index contributed by atoms with van der Waals surface area (Å²) in [6, 6.07) is 11.4. The van der Waals surface area contributed by atoms with Crippen LogP contribution in [0.4, 0.5) is 0 Å². The molecule has 120 valence electrons. The molecular formula is C19H23N3S. The largest absolute Gasteiger partial charge is 0.307 e. The molecule has 1 atom stereocenters. The number of thioether (sulfide) groups is 1. The van der Waals surface area contributed by atoms with E-state index in [2.05, 4.69) is 40.4 Å². The number of rotatable bonds is 3. The molecule has 0 radical (unpaired) electrons. The fraction of sp³-hybridized carbons (Fsp3) is 0.474. The van der Waals surface area contributed by atoms with Crippen molar-refractivity contribution >= 4 is 11.8 Å². The van der Waals surface area contributed by atoms with Crippen LogP contribution in [0.2, 0.25) is 0 Å². The van der Waals surface area contributed by atoms with E-state index in [9.17, 15) is 0 Å². The Morgan fingerprint density at radius 2 is 1.87 bits per heavy atom. The lowest BCUT2D eigenvalue weighted by atomic mass is 9.91. The van der Waals surface area contributed by atoms with Crippen LogP contribution in [0.5, 0.6) is 0 Å². The quantitative estimate of drug-likeness (QED) is 0.925.